The Bertz CT molecular complexity index is 613. The molecule has 0 radical (unpaired) electrons. The molecule has 2 heteroatoms. The second-order valence-corrected chi connectivity index (χ2v) is 4.25. The standard InChI is InChI=1S/C15H13FO/c1-10(2)3-7-13-14-9-12(17)6-4-11(14)5-8-15(13)16/h4-6,8-10,17H,1-2H3. The van der Waals surface area contributed by atoms with Gasteiger partial charge in [0.1, 0.15) is 11.6 Å². The maximum atomic E-state index is 13.7. The number of phenolic OH excluding ortho intramolecular Hbond substituents is 1. The van der Waals surface area contributed by atoms with Gasteiger partial charge in [-0.3, -0.25) is 0 Å². The highest BCUT2D eigenvalue weighted by atomic mass is 19.1. The molecule has 0 aliphatic carbocycles. The summed E-state index contributed by atoms with van der Waals surface area (Å²) in [6.45, 7) is 3.90. The molecule has 0 saturated carbocycles. The van der Waals surface area contributed by atoms with E-state index >= 15 is 0 Å². The number of benzene rings is 2. The number of hydrogen-bond acceptors (Lipinski definition) is 1. The minimum Gasteiger partial charge on any atom is -0.508 e. The van der Waals surface area contributed by atoms with Crippen LogP contribution in [0.1, 0.15) is 19.4 Å². The zero-order valence-electron chi connectivity index (χ0n) is 9.79. The number of rotatable bonds is 0. The highest BCUT2D eigenvalue weighted by Crippen LogP contribution is 2.25. The van der Waals surface area contributed by atoms with Crippen LogP contribution >= 0.6 is 0 Å². The molecule has 2 rings (SSSR count). The lowest BCUT2D eigenvalue weighted by Crippen LogP contribution is -1.88. The van der Waals surface area contributed by atoms with Crippen molar-refractivity contribution in [3.8, 4) is 17.6 Å². The Kier molecular flexibility index (Phi) is 3.01. The fourth-order valence-corrected chi connectivity index (χ4v) is 1.62. The van der Waals surface area contributed by atoms with Crippen LogP contribution in [0.15, 0.2) is 30.3 Å². The molecule has 86 valence electrons. The summed E-state index contributed by atoms with van der Waals surface area (Å²) >= 11 is 0. The molecule has 0 heterocycles. The maximum absolute atomic E-state index is 13.7. The quantitative estimate of drug-likeness (QED) is 0.682. The zero-order chi connectivity index (χ0) is 12.4. The Morgan fingerprint density at radius 3 is 2.59 bits per heavy atom. The summed E-state index contributed by atoms with van der Waals surface area (Å²) in [5.41, 5.74) is 0.354. The molecule has 0 fully saturated rings. The monoisotopic (exact) mass is 228 g/mol. The molecular weight excluding hydrogens is 215 g/mol. The molecule has 0 bridgehead atoms. The number of phenols is 1. The molecule has 0 spiro atoms. The van der Waals surface area contributed by atoms with E-state index in [0.29, 0.717) is 10.9 Å². The number of hydrogen-bond donors (Lipinski definition) is 1. The minimum absolute atomic E-state index is 0.121. The molecule has 17 heavy (non-hydrogen) atoms. The lowest BCUT2D eigenvalue weighted by Gasteiger charge is -2.03. The van der Waals surface area contributed by atoms with Crippen LogP contribution < -0.4 is 0 Å². The Morgan fingerprint density at radius 2 is 1.88 bits per heavy atom. The van der Waals surface area contributed by atoms with E-state index in [4.69, 9.17) is 0 Å². The summed E-state index contributed by atoms with van der Waals surface area (Å²) in [4.78, 5) is 0. The normalized spacial score (nSPS) is 10.4. The summed E-state index contributed by atoms with van der Waals surface area (Å²) in [6.07, 6.45) is 0. The first-order valence-corrected chi connectivity index (χ1v) is 5.50. The first kappa shape index (κ1) is 11.5. The van der Waals surface area contributed by atoms with Crippen molar-refractivity contribution in [2.45, 2.75) is 13.8 Å². The van der Waals surface area contributed by atoms with Crippen molar-refractivity contribution in [3.05, 3.63) is 41.7 Å². The van der Waals surface area contributed by atoms with Crippen LogP contribution in [0.5, 0.6) is 5.75 Å². The minimum atomic E-state index is -0.351. The van der Waals surface area contributed by atoms with Crippen molar-refractivity contribution in [3.63, 3.8) is 0 Å². The summed E-state index contributed by atoms with van der Waals surface area (Å²) in [5, 5.41) is 11.0. The molecule has 1 N–H and O–H groups in total. The fraction of sp³-hybridized carbons (Fsp3) is 0.200. The SMILES string of the molecule is CC(C)C#Cc1c(F)ccc2ccc(O)cc12. The maximum Gasteiger partial charge on any atom is 0.139 e. The van der Waals surface area contributed by atoms with E-state index in [9.17, 15) is 9.50 Å². The highest BCUT2D eigenvalue weighted by molar-refractivity contribution is 5.89. The smallest absolute Gasteiger partial charge is 0.139 e. The van der Waals surface area contributed by atoms with E-state index in [-0.39, 0.29) is 17.5 Å². The average Bonchev–Trinajstić information content (AvgIpc) is 2.27. The van der Waals surface area contributed by atoms with Crippen LogP contribution in [0, 0.1) is 23.6 Å². The predicted molar refractivity (Wildman–Crippen MR) is 67.3 cm³/mol. The van der Waals surface area contributed by atoms with Crippen molar-refractivity contribution in [2.24, 2.45) is 5.92 Å². The van der Waals surface area contributed by atoms with Crippen LogP contribution in [-0.4, -0.2) is 5.11 Å². The third-order valence-corrected chi connectivity index (χ3v) is 2.44. The van der Waals surface area contributed by atoms with Gasteiger partial charge in [0.15, 0.2) is 0 Å². The van der Waals surface area contributed by atoms with Gasteiger partial charge in [0, 0.05) is 11.3 Å². The molecule has 2 aromatic rings. The number of fused-ring (bicyclic) bond motifs is 1. The van der Waals surface area contributed by atoms with Crippen LogP contribution in [-0.2, 0) is 0 Å². The van der Waals surface area contributed by atoms with Crippen molar-refractivity contribution in [1.82, 2.24) is 0 Å². The van der Waals surface area contributed by atoms with Crippen molar-refractivity contribution < 1.29 is 9.50 Å². The van der Waals surface area contributed by atoms with Gasteiger partial charge in [0.2, 0.25) is 0 Å². The topological polar surface area (TPSA) is 20.2 Å². The van der Waals surface area contributed by atoms with Gasteiger partial charge in [-0.25, -0.2) is 4.39 Å². The van der Waals surface area contributed by atoms with E-state index in [1.807, 2.05) is 13.8 Å². The second-order valence-electron chi connectivity index (χ2n) is 4.25. The first-order chi connectivity index (χ1) is 8.08. The molecule has 0 atom stereocenters. The van der Waals surface area contributed by atoms with Crippen LogP contribution in [0.4, 0.5) is 4.39 Å². The van der Waals surface area contributed by atoms with Crippen LogP contribution in [0.3, 0.4) is 0 Å². The molecule has 0 amide bonds. The van der Waals surface area contributed by atoms with Gasteiger partial charge in [0.25, 0.3) is 0 Å². The van der Waals surface area contributed by atoms with Crippen molar-refractivity contribution >= 4 is 10.8 Å². The van der Waals surface area contributed by atoms with Gasteiger partial charge in [-0.1, -0.05) is 37.8 Å². The average molecular weight is 228 g/mol. The fourth-order valence-electron chi connectivity index (χ4n) is 1.62. The lowest BCUT2D eigenvalue weighted by molar-refractivity contribution is 0.476. The van der Waals surface area contributed by atoms with Crippen LogP contribution in [0.25, 0.3) is 10.8 Å². The Balaban J connectivity index is 2.72. The van der Waals surface area contributed by atoms with Gasteiger partial charge in [-0.2, -0.15) is 0 Å². The van der Waals surface area contributed by atoms with Crippen molar-refractivity contribution in [2.75, 3.05) is 0 Å². The Labute approximate surface area is 99.9 Å². The number of halogens is 1. The largest absolute Gasteiger partial charge is 0.508 e. The van der Waals surface area contributed by atoms with E-state index in [1.54, 1.807) is 24.3 Å². The van der Waals surface area contributed by atoms with Gasteiger partial charge >= 0.3 is 0 Å². The summed E-state index contributed by atoms with van der Waals surface area (Å²) in [7, 11) is 0. The Morgan fingerprint density at radius 1 is 1.18 bits per heavy atom. The molecule has 2 aromatic carbocycles. The van der Waals surface area contributed by atoms with Gasteiger partial charge in [-0.05, 0) is 23.6 Å². The molecule has 0 saturated heterocycles. The summed E-state index contributed by atoms with van der Waals surface area (Å²) in [6, 6.07) is 7.97. The summed E-state index contributed by atoms with van der Waals surface area (Å²) < 4.78 is 13.7. The van der Waals surface area contributed by atoms with E-state index in [2.05, 4.69) is 11.8 Å². The van der Waals surface area contributed by atoms with Crippen LogP contribution in [0.2, 0.25) is 0 Å². The Hall–Kier alpha value is -2.01. The van der Waals surface area contributed by atoms with E-state index < -0.39 is 0 Å². The third-order valence-electron chi connectivity index (χ3n) is 2.44. The third kappa shape index (κ3) is 2.39. The van der Waals surface area contributed by atoms with E-state index in [1.165, 1.54) is 6.07 Å². The molecular formula is C15H13FO. The highest BCUT2D eigenvalue weighted by Gasteiger charge is 2.06. The molecule has 0 aliphatic heterocycles. The van der Waals surface area contributed by atoms with Gasteiger partial charge in [-0.15, -0.1) is 0 Å². The van der Waals surface area contributed by atoms with Crippen molar-refractivity contribution in [1.29, 1.82) is 0 Å². The van der Waals surface area contributed by atoms with E-state index in [0.717, 1.165) is 5.39 Å². The van der Waals surface area contributed by atoms with Gasteiger partial charge in [0.05, 0.1) is 5.56 Å². The predicted octanol–water partition coefficient (Wildman–Crippen LogP) is 3.69. The number of aromatic hydroxyl groups is 1. The molecule has 0 aliphatic rings. The zero-order valence-corrected chi connectivity index (χ0v) is 9.79. The molecule has 0 unspecified atom stereocenters. The summed E-state index contributed by atoms with van der Waals surface area (Å²) in [5.74, 6) is 5.74. The van der Waals surface area contributed by atoms with Gasteiger partial charge < -0.3 is 5.11 Å². The lowest BCUT2D eigenvalue weighted by atomic mass is 10.0. The second kappa shape index (κ2) is 4.47. The first-order valence-electron chi connectivity index (χ1n) is 5.50. The molecule has 0 aromatic heterocycles. The molecule has 1 nitrogen and oxygen atoms in total.